The first kappa shape index (κ1) is 26.2. The zero-order chi connectivity index (χ0) is 25.2. The van der Waals surface area contributed by atoms with E-state index in [9.17, 15) is 9.59 Å². The second-order valence-electron chi connectivity index (χ2n) is 7.42. The summed E-state index contributed by atoms with van der Waals surface area (Å²) >= 11 is 7.44. The van der Waals surface area contributed by atoms with Crippen LogP contribution in [0.2, 0.25) is 5.02 Å². The molecule has 0 bridgehead atoms. The number of benzene rings is 3. The Labute approximate surface area is 213 Å². The van der Waals surface area contributed by atoms with Gasteiger partial charge in [-0.25, -0.2) is 4.98 Å². The van der Waals surface area contributed by atoms with Crippen LogP contribution in [0.1, 0.15) is 28.4 Å². The molecule has 0 aliphatic heterocycles. The van der Waals surface area contributed by atoms with Gasteiger partial charge in [-0.2, -0.15) is 0 Å². The first-order chi connectivity index (χ1) is 17.0. The second kappa shape index (κ2) is 12.9. The van der Waals surface area contributed by atoms with E-state index in [4.69, 9.17) is 16.3 Å². The molecule has 2 amide bonds. The highest BCUT2D eigenvalue weighted by molar-refractivity contribution is 7.22. The number of ether oxygens (including phenoxy) is 1. The summed E-state index contributed by atoms with van der Waals surface area (Å²) in [6.07, 6.45) is 0.575. The van der Waals surface area contributed by atoms with Crippen molar-refractivity contribution in [3.05, 3.63) is 82.4 Å². The number of nitrogens with one attached hydrogen (secondary N) is 3. The minimum atomic E-state index is -0.249. The van der Waals surface area contributed by atoms with Crippen molar-refractivity contribution in [1.29, 1.82) is 0 Å². The molecule has 0 saturated heterocycles. The van der Waals surface area contributed by atoms with E-state index < -0.39 is 0 Å². The highest BCUT2D eigenvalue weighted by Crippen LogP contribution is 2.28. The van der Waals surface area contributed by atoms with Gasteiger partial charge in [0, 0.05) is 17.7 Å². The molecular weight excluding hydrogens is 484 g/mol. The summed E-state index contributed by atoms with van der Waals surface area (Å²) in [6.45, 7) is 5.46. The van der Waals surface area contributed by atoms with E-state index in [2.05, 4.69) is 27.0 Å². The number of hydrogen-bond donors (Lipinski definition) is 3. The molecule has 4 aromatic rings. The molecule has 0 aliphatic carbocycles. The summed E-state index contributed by atoms with van der Waals surface area (Å²) in [5.74, 6) is 0.732. The van der Waals surface area contributed by atoms with Gasteiger partial charge in [0.1, 0.15) is 5.75 Å². The normalized spacial score (nSPS) is 10.3. The second-order valence-corrected chi connectivity index (χ2v) is 8.86. The summed E-state index contributed by atoms with van der Waals surface area (Å²) in [5, 5.41) is 9.44. The van der Waals surface area contributed by atoms with Crippen molar-refractivity contribution in [2.45, 2.75) is 20.4 Å². The molecule has 0 saturated carbocycles. The van der Waals surface area contributed by atoms with Crippen LogP contribution in [-0.2, 0) is 11.3 Å². The summed E-state index contributed by atoms with van der Waals surface area (Å²) in [5.41, 5.74) is 3.93. The summed E-state index contributed by atoms with van der Waals surface area (Å²) < 4.78 is 6.27. The van der Waals surface area contributed by atoms with Crippen LogP contribution < -0.4 is 20.7 Å². The Kier molecular flexibility index (Phi) is 9.60. The van der Waals surface area contributed by atoms with Crippen LogP contribution in [0.4, 0.5) is 10.8 Å². The molecule has 1 aromatic heterocycles. The molecule has 182 valence electrons. The standard InChI is InChI=1S/C16H12ClN3O2S.C10H15NO/c1-9-3-2-4-11(17)14(9)20-15(22)10-5-6-12-13(7-10)23-16(19-12)18-8-21;1-3-12-10-7-5-4-6-9(10)8-11-2/h2-8H,1H3,(H,20,22)(H,18,19,21);4-7,11H,3,8H2,1-2H3. The van der Waals surface area contributed by atoms with Gasteiger partial charge in [-0.3, -0.25) is 9.59 Å². The lowest BCUT2D eigenvalue weighted by Crippen LogP contribution is -2.13. The molecule has 0 aliphatic rings. The smallest absolute Gasteiger partial charge is 0.255 e. The molecule has 9 heteroatoms. The molecule has 0 radical (unpaired) electrons. The van der Waals surface area contributed by atoms with Crippen LogP contribution in [0.5, 0.6) is 5.75 Å². The molecule has 7 nitrogen and oxygen atoms in total. The Morgan fingerprint density at radius 2 is 1.94 bits per heavy atom. The number of nitrogens with zero attached hydrogens (tertiary/aromatic N) is 1. The number of anilines is 2. The summed E-state index contributed by atoms with van der Waals surface area (Å²) in [4.78, 5) is 27.1. The number of aromatic nitrogens is 1. The molecule has 3 aromatic carbocycles. The fraction of sp³-hybridized carbons (Fsp3) is 0.192. The van der Waals surface area contributed by atoms with Crippen molar-refractivity contribution in [2.24, 2.45) is 0 Å². The quantitative estimate of drug-likeness (QED) is 0.257. The highest BCUT2D eigenvalue weighted by Gasteiger charge is 2.12. The third-order valence-electron chi connectivity index (χ3n) is 4.93. The van der Waals surface area contributed by atoms with Gasteiger partial charge in [0.25, 0.3) is 5.91 Å². The number of thiazole rings is 1. The van der Waals surface area contributed by atoms with Crippen LogP contribution in [0, 0.1) is 6.92 Å². The zero-order valence-electron chi connectivity index (χ0n) is 19.7. The highest BCUT2D eigenvalue weighted by atomic mass is 35.5. The molecule has 0 unspecified atom stereocenters. The molecule has 0 fully saturated rings. The van der Waals surface area contributed by atoms with Crippen LogP contribution in [0.3, 0.4) is 0 Å². The number of para-hydroxylation sites is 2. The van der Waals surface area contributed by atoms with E-state index in [0.29, 0.717) is 27.8 Å². The monoisotopic (exact) mass is 510 g/mol. The molecular formula is C26H27ClN4O3S. The number of carbonyl (C=O) groups excluding carboxylic acids is 2. The topological polar surface area (TPSA) is 92.3 Å². The van der Waals surface area contributed by atoms with Crippen LogP contribution >= 0.6 is 22.9 Å². The predicted molar refractivity (Wildman–Crippen MR) is 144 cm³/mol. The van der Waals surface area contributed by atoms with E-state index >= 15 is 0 Å². The first-order valence-electron chi connectivity index (χ1n) is 11.0. The van der Waals surface area contributed by atoms with Crippen molar-refractivity contribution in [3.63, 3.8) is 0 Å². The fourth-order valence-corrected chi connectivity index (χ4v) is 4.42. The van der Waals surface area contributed by atoms with Crippen molar-refractivity contribution in [1.82, 2.24) is 10.3 Å². The van der Waals surface area contributed by atoms with Crippen LogP contribution in [0.15, 0.2) is 60.7 Å². The Morgan fingerprint density at radius 3 is 2.66 bits per heavy atom. The Balaban J connectivity index is 0.000000241. The maximum absolute atomic E-state index is 12.4. The molecule has 4 rings (SSSR count). The van der Waals surface area contributed by atoms with Crippen molar-refractivity contribution in [3.8, 4) is 5.75 Å². The van der Waals surface area contributed by atoms with Gasteiger partial charge in [-0.15, -0.1) is 0 Å². The number of hydrogen-bond acceptors (Lipinski definition) is 6. The number of aryl methyl sites for hydroxylation is 1. The van der Waals surface area contributed by atoms with E-state index in [-0.39, 0.29) is 5.91 Å². The van der Waals surface area contributed by atoms with Gasteiger partial charge in [0.2, 0.25) is 6.41 Å². The van der Waals surface area contributed by atoms with Gasteiger partial charge >= 0.3 is 0 Å². The lowest BCUT2D eigenvalue weighted by atomic mass is 10.1. The zero-order valence-corrected chi connectivity index (χ0v) is 21.3. The first-order valence-corrected chi connectivity index (χ1v) is 12.2. The van der Waals surface area contributed by atoms with Crippen molar-refractivity contribution in [2.75, 3.05) is 24.3 Å². The number of fused-ring (bicyclic) bond motifs is 1. The number of carbonyl (C=O) groups is 2. The van der Waals surface area contributed by atoms with E-state index in [1.54, 1.807) is 24.3 Å². The van der Waals surface area contributed by atoms with Crippen molar-refractivity contribution < 1.29 is 14.3 Å². The maximum Gasteiger partial charge on any atom is 0.255 e. The summed E-state index contributed by atoms with van der Waals surface area (Å²) in [6, 6.07) is 18.7. The Morgan fingerprint density at radius 1 is 1.14 bits per heavy atom. The third kappa shape index (κ3) is 7.02. The predicted octanol–water partition coefficient (Wildman–Crippen LogP) is 5.88. The summed E-state index contributed by atoms with van der Waals surface area (Å²) in [7, 11) is 1.93. The largest absolute Gasteiger partial charge is 0.494 e. The lowest BCUT2D eigenvalue weighted by molar-refractivity contribution is -0.105. The van der Waals surface area contributed by atoms with Gasteiger partial charge < -0.3 is 20.7 Å². The molecule has 0 spiro atoms. The minimum Gasteiger partial charge on any atom is -0.494 e. The van der Waals surface area contributed by atoms with Gasteiger partial charge in [-0.1, -0.05) is 53.3 Å². The van der Waals surface area contributed by atoms with Gasteiger partial charge in [-0.05, 0) is 56.8 Å². The molecule has 0 atom stereocenters. The number of halogens is 1. The molecule has 35 heavy (non-hydrogen) atoms. The molecule has 1 heterocycles. The van der Waals surface area contributed by atoms with E-state index in [1.807, 2.05) is 51.2 Å². The van der Waals surface area contributed by atoms with E-state index in [0.717, 1.165) is 34.7 Å². The van der Waals surface area contributed by atoms with Crippen molar-refractivity contribution >= 4 is 56.3 Å². The third-order valence-corrected chi connectivity index (χ3v) is 6.20. The lowest BCUT2D eigenvalue weighted by Gasteiger charge is -2.10. The van der Waals surface area contributed by atoms with Crippen LogP contribution in [-0.4, -0.2) is 31.0 Å². The number of rotatable bonds is 8. The Hall–Kier alpha value is -3.46. The SMILES string of the molecule is CCOc1ccccc1CNC.Cc1cccc(Cl)c1NC(=O)c1ccc2nc(NC=O)sc2c1. The Bertz CT molecular complexity index is 1260. The fourth-order valence-electron chi connectivity index (χ4n) is 3.29. The van der Waals surface area contributed by atoms with Gasteiger partial charge in [0.05, 0.1) is 27.5 Å². The van der Waals surface area contributed by atoms with Crippen LogP contribution in [0.25, 0.3) is 10.2 Å². The molecule has 3 N–H and O–H groups in total. The average molecular weight is 511 g/mol. The van der Waals surface area contributed by atoms with Gasteiger partial charge in [0.15, 0.2) is 5.13 Å². The van der Waals surface area contributed by atoms with E-state index in [1.165, 1.54) is 16.9 Å². The average Bonchev–Trinajstić information content (AvgIpc) is 3.25. The number of amides is 2. The minimum absolute atomic E-state index is 0.249. The maximum atomic E-state index is 12.4.